The molecule has 1 atom stereocenters. The maximum Gasteiger partial charge on any atom is 0.172 e. The normalized spacial score (nSPS) is 17.8. The summed E-state index contributed by atoms with van der Waals surface area (Å²) in [6, 6.07) is 3.94. The molecule has 0 aliphatic carbocycles. The second-order valence-corrected chi connectivity index (χ2v) is 7.84. The molecule has 3 aromatic heterocycles. The van der Waals surface area contributed by atoms with Crippen LogP contribution >= 0.6 is 11.3 Å². The summed E-state index contributed by atoms with van der Waals surface area (Å²) in [4.78, 5) is 19.6. The van der Waals surface area contributed by atoms with Gasteiger partial charge in [-0.1, -0.05) is 0 Å². The number of carbonyl (C=O) groups excluding carboxylic acids is 1. The maximum absolute atomic E-state index is 13.0. The van der Waals surface area contributed by atoms with Crippen LogP contribution in [0.25, 0.3) is 10.2 Å². The summed E-state index contributed by atoms with van der Waals surface area (Å²) in [6.07, 6.45) is 5.79. The SMILES string of the molecule is Cn1ncc(CC(=O)c2c(N)sc3cccnc23)c1N1CCC[C@H](N)C1. The summed E-state index contributed by atoms with van der Waals surface area (Å²) in [6.45, 7) is 1.71. The first-order valence-electron chi connectivity index (χ1n) is 8.72. The standard InChI is InChI=1S/C18H22N6OS/c1-23-18(24-7-3-4-12(19)10-24)11(9-22-23)8-13(25)15-16-14(26-17(15)20)5-2-6-21-16/h2,5-6,9,12H,3-4,7-8,10,19-20H2,1H3/t12-/m0/s1. The fraction of sp³-hybridized carbons (Fsp3) is 0.389. The number of aromatic nitrogens is 3. The Bertz CT molecular complexity index is 962. The molecule has 0 bridgehead atoms. The number of hydrogen-bond acceptors (Lipinski definition) is 7. The van der Waals surface area contributed by atoms with Crippen LogP contribution in [0.3, 0.4) is 0 Å². The summed E-state index contributed by atoms with van der Waals surface area (Å²) >= 11 is 1.40. The van der Waals surface area contributed by atoms with Crippen LogP contribution in [0.2, 0.25) is 0 Å². The monoisotopic (exact) mass is 370 g/mol. The van der Waals surface area contributed by atoms with E-state index in [0.717, 1.165) is 42.0 Å². The van der Waals surface area contributed by atoms with Crippen LogP contribution in [0.15, 0.2) is 24.5 Å². The molecule has 3 aromatic rings. The molecule has 26 heavy (non-hydrogen) atoms. The number of piperidine rings is 1. The van der Waals surface area contributed by atoms with E-state index in [2.05, 4.69) is 15.0 Å². The highest BCUT2D eigenvalue weighted by molar-refractivity contribution is 7.23. The maximum atomic E-state index is 13.0. The van der Waals surface area contributed by atoms with E-state index in [4.69, 9.17) is 11.5 Å². The minimum atomic E-state index is -0.0250. The summed E-state index contributed by atoms with van der Waals surface area (Å²) in [5.41, 5.74) is 14.4. The Morgan fingerprint density at radius 1 is 1.46 bits per heavy atom. The van der Waals surface area contributed by atoms with E-state index in [1.54, 1.807) is 12.4 Å². The quantitative estimate of drug-likeness (QED) is 0.681. The lowest BCUT2D eigenvalue weighted by molar-refractivity contribution is 0.0995. The average molecular weight is 370 g/mol. The second-order valence-electron chi connectivity index (χ2n) is 6.76. The number of Topliss-reactive ketones (excluding diaryl/α,β-unsaturated/α-hetero) is 1. The number of ketones is 1. The fourth-order valence-electron chi connectivity index (χ4n) is 3.69. The van der Waals surface area contributed by atoms with E-state index in [9.17, 15) is 4.79 Å². The highest BCUT2D eigenvalue weighted by atomic mass is 32.1. The van der Waals surface area contributed by atoms with Gasteiger partial charge in [-0.3, -0.25) is 14.5 Å². The van der Waals surface area contributed by atoms with Gasteiger partial charge in [-0.2, -0.15) is 5.10 Å². The van der Waals surface area contributed by atoms with Gasteiger partial charge in [-0.25, -0.2) is 0 Å². The van der Waals surface area contributed by atoms with Crippen molar-refractivity contribution in [2.75, 3.05) is 23.7 Å². The summed E-state index contributed by atoms with van der Waals surface area (Å²) < 4.78 is 2.76. The van der Waals surface area contributed by atoms with Crippen LogP contribution in [-0.2, 0) is 13.5 Å². The molecule has 4 rings (SSSR count). The Kier molecular flexibility index (Phi) is 4.37. The van der Waals surface area contributed by atoms with Crippen molar-refractivity contribution in [1.82, 2.24) is 14.8 Å². The minimum absolute atomic E-state index is 0.0250. The number of anilines is 2. The van der Waals surface area contributed by atoms with Crippen LogP contribution < -0.4 is 16.4 Å². The van der Waals surface area contributed by atoms with E-state index >= 15 is 0 Å². The Morgan fingerprint density at radius 2 is 2.31 bits per heavy atom. The van der Waals surface area contributed by atoms with Gasteiger partial charge >= 0.3 is 0 Å². The smallest absolute Gasteiger partial charge is 0.172 e. The molecule has 1 aliphatic rings. The van der Waals surface area contributed by atoms with E-state index in [1.165, 1.54) is 11.3 Å². The van der Waals surface area contributed by atoms with Crippen molar-refractivity contribution in [2.24, 2.45) is 12.8 Å². The molecule has 0 spiro atoms. The number of nitrogens with zero attached hydrogens (tertiary/aromatic N) is 4. The van der Waals surface area contributed by atoms with Crippen LogP contribution in [0.5, 0.6) is 0 Å². The van der Waals surface area contributed by atoms with E-state index in [-0.39, 0.29) is 18.2 Å². The number of aryl methyl sites for hydroxylation is 1. The number of rotatable bonds is 4. The number of carbonyl (C=O) groups is 1. The molecular formula is C18H22N6OS. The zero-order chi connectivity index (χ0) is 18.3. The second kappa shape index (κ2) is 6.69. The number of pyridine rings is 1. The van der Waals surface area contributed by atoms with Crippen molar-refractivity contribution < 1.29 is 4.79 Å². The zero-order valence-electron chi connectivity index (χ0n) is 14.7. The number of hydrogen-bond donors (Lipinski definition) is 2. The van der Waals surface area contributed by atoms with Crippen LogP contribution in [0.1, 0.15) is 28.8 Å². The predicted octanol–water partition coefficient (Wildman–Crippen LogP) is 1.96. The van der Waals surface area contributed by atoms with Crippen molar-refractivity contribution in [3.63, 3.8) is 0 Å². The van der Waals surface area contributed by atoms with Gasteiger partial charge in [0, 0.05) is 44.4 Å². The summed E-state index contributed by atoms with van der Waals surface area (Å²) in [5.74, 6) is 0.947. The Hall–Kier alpha value is -2.45. The zero-order valence-corrected chi connectivity index (χ0v) is 15.5. The molecule has 1 aliphatic heterocycles. The predicted molar refractivity (Wildman–Crippen MR) is 105 cm³/mol. The minimum Gasteiger partial charge on any atom is -0.390 e. The summed E-state index contributed by atoms with van der Waals surface area (Å²) in [7, 11) is 1.90. The molecule has 0 saturated carbocycles. The summed E-state index contributed by atoms with van der Waals surface area (Å²) in [5, 5.41) is 4.90. The highest BCUT2D eigenvalue weighted by Gasteiger charge is 2.25. The third kappa shape index (κ3) is 2.95. The largest absolute Gasteiger partial charge is 0.390 e. The molecule has 1 saturated heterocycles. The third-order valence-corrected chi connectivity index (χ3v) is 5.81. The Labute approximate surface area is 155 Å². The average Bonchev–Trinajstić information content (AvgIpc) is 3.13. The molecule has 4 N–H and O–H groups in total. The Balaban J connectivity index is 1.65. The number of fused-ring (bicyclic) bond motifs is 1. The van der Waals surface area contributed by atoms with Crippen molar-refractivity contribution >= 4 is 38.2 Å². The molecule has 8 heteroatoms. The van der Waals surface area contributed by atoms with Gasteiger partial charge in [-0.05, 0) is 25.0 Å². The number of nitrogens with two attached hydrogens (primary N) is 2. The van der Waals surface area contributed by atoms with Gasteiger partial charge in [0.15, 0.2) is 5.78 Å². The molecule has 4 heterocycles. The van der Waals surface area contributed by atoms with Gasteiger partial charge in [0.2, 0.25) is 0 Å². The van der Waals surface area contributed by atoms with E-state index in [0.29, 0.717) is 16.1 Å². The first kappa shape index (κ1) is 17.0. The lowest BCUT2D eigenvalue weighted by Crippen LogP contribution is -2.44. The van der Waals surface area contributed by atoms with Gasteiger partial charge in [0.05, 0.1) is 27.0 Å². The van der Waals surface area contributed by atoms with Crippen LogP contribution in [0, 0.1) is 0 Å². The highest BCUT2D eigenvalue weighted by Crippen LogP contribution is 2.33. The van der Waals surface area contributed by atoms with E-state index < -0.39 is 0 Å². The fourth-order valence-corrected chi connectivity index (χ4v) is 4.64. The van der Waals surface area contributed by atoms with Crippen LogP contribution in [0.4, 0.5) is 10.8 Å². The first-order valence-corrected chi connectivity index (χ1v) is 9.54. The lowest BCUT2D eigenvalue weighted by atomic mass is 10.0. The topological polar surface area (TPSA) is 103 Å². The molecule has 7 nitrogen and oxygen atoms in total. The van der Waals surface area contributed by atoms with Gasteiger partial charge < -0.3 is 16.4 Å². The van der Waals surface area contributed by atoms with Gasteiger partial charge in [-0.15, -0.1) is 11.3 Å². The van der Waals surface area contributed by atoms with Gasteiger partial charge in [0.25, 0.3) is 0 Å². The molecule has 0 radical (unpaired) electrons. The third-order valence-electron chi connectivity index (χ3n) is 4.84. The molecule has 0 aromatic carbocycles. The van der Waals surface area contributed by atoms with E-state index in [1.807, 2.05) is 23.9 Å². The molecule has 0 unspecified atom stereocenters. The number of nitrogen functional groups attached to an aromatic ring is 1. The molecule has 0 amide bonds. The van der Waals surface area contributed by atoms with Crippen molar-refractivity contribution in [3.05, 3.63) is 35.7 Å². The van der Waals surface area contributed by atoms with Crippen molar-refractivity contribution in [1.29, 1.82) is 0 Å². The molecule has 136 valence electrons. The van der Waals surface area contributed by atoms with Crippen LogP contribution in [-0.4, -0.2) is 39.7 Å². The number of thiophene rings is 1. The molecule has 1 fully saturated rings. The van der Waals surface area contributed by atoms with Crippen molar-refractivity contribution in [3.8, 4) is 0 Å². The molecular weight excluding hydrogens is 348 g/mol. The first-order chi connectivity index (χ1) is 12.5. The Morgan fingerprint density at radius 3 is 3.12 bits per heavy atom. The van der Waals surface area contributed by atoms with Gasteiger partial charge in [0.1, 0.15) is 5.82 Å². The van der Waals surface area contributed by atoms with Crippen molar-refractivity contribution in [2.45, 2.75) is 25.3 Å². The lowest BCUT2D eigenvalue weighted by Gasteiger charge is -2.33.